The van der Waals surface area contributed by atoms with Gasteiger partial charge in [0, 0.05) is 43.7 Å². The minimum atomic E-state index is -2.26. The van der Waals surface area contributed by atoms with Crippen LogP contribution in [0, 0.1) is 11.8 Å². The highest BCUT2D eigenvalue weighted by Crippen LogP contribution is 2.45. The number of ether oxygens (including phenoxy) is 2. The van der Waals surface area contributed by atoms with E-state index in [4.69, 9.17) is 18.3 Å². The minimum Gasteiger partial charge on any atom is -0.460 e. The number of nitrogens with one attached hydrogen (secondary N) is 1. The maximum Gasteiger partial charge on any atom is 0.407 e. The van der Waals surface area contributed by atoms with Crippen LogP contribution in [-0.2, 0) is 34.3 Å². The second-order valence-corrected chi connectivity index (χ2v) is 30.2. The molecule has 3 aromatic carbocycles. The third-order valence-corrected chi connectivity index (χ3v) is 23.1. The van der Waals surface area contributed by atoms with Gasteiger partial charge in [0.05, 0.1) is 6.10 Å². The van der Waals surface area contributed by atoms with Crippen molar-refractivity contribution in [3.05, 3.63) is 108 Å². The van der Waals surface area contributed by atoms with E-state index in [9.17, 15) is 14.4 Å². The topological polar surface area (TPSA) is 103 Å². The van der Waals surface area contributed by atoms with Gasteiger partial charge in [0.15, 0.2) is 16.6 Å². The quantitative estimate of drug-likeness (QED) is 0.0771. The number of rotatable bonds is 18. The van der Waals surface area contributed by atoms with E-state index in [1.807, 2.05) is 67.6 Å². The lowest BCUT2D eigenvalue weighted by atomic mass is 9.93. The molecule has 1 aliphatic heterocycles. The Hall–Kier alpha value is -4.04. The first kappa shape index (κ1) is 49.0. The molecule has 3 aromatic rings. The summed E-state index contributed by atoms with van der Waals surface area (Å²) < 4.78 is 26.3. The van der Waals surface area contributed by atoms with Gasteiger partial charge < -0.3 is 28.5 Å². The van der Waals surface area contributed by atoms with Gasteiger partial charge in [-0.3, -0.25) is 4.79 Å². The Morgan fingerprint density at radius 1 is 0.823 bits per heavy atom. The van der Waals surface area contributed by atoms with Crippen molar-refractivity contribution in [2.75, 3.05) is 19.8 Å². The maximum absolute atomic E-state index is 14.6. The molecule has 6 atom stereocenters. The van der Waals surface area contributed by atoms with Crippen LogP contribution in [0.2, 0.25) is 36.3 Å². The number of alkyl carbamates (subject to hydrolysis) is 1. The summed E-state index contributed by atoms with van der Waals surface area (Å²) in [6.07, 6.45) is 2.16. The molecule has 1 heterocycles. The number of hydrogen-bond donors (Lipinski definition) is 1. The highest BCUT2D eigenvalue weighted by molar-refractivity contribution is 6.74. The number of nitrogens with zero attached hydrogens (tertiary/aromatic N) is 1. The molecule has 2 aliphatic rings. The van der Waals surface area contributed by atoms with E-state index in [1.165, 1.54) is 0 Å². The molecule has 1 N–H and O–H groups in total. The number of likely N-dealkylation sites (tertiary alicyclic amines) is 1. The SMILES string of the molecule is C=C[C@H](C)[C@@H](C[C@H](O[Si](C)(C)C(C)(C)C)[C@@H](C)CO[Si](C)(C)C(C)(C)C)OC(=O)[C@@H]1CCCN1C(=O)[C@@H](Cc1ccccc1)NC(=O)OCC1c2ccccc2-c2ccccc21. The number of fused-ring (bicyclic) bond motifs is 3. The van der Waals surface area contributed by atoms with Gasteiger partial charge in [0.25, 0.3) is 0 Å². The van der Waals surface area contributed by atoms with Gasteiger partial charge >= 0.3 is 12.1 Å². The van der Waals surface area contributed by atoms with Gasteiger partial charge in [0.1, 0.15) is 24.8 Å². The predicted molar refractivity (Wildman–Crippen MR) is 255 cm³/mol. The molecular formula is C51H74N2O7Si2. The molecule has 1 fully saturated rings. The first-order valence-electron chi connectivity index (χ1n) is 22.7. The second-order valence-electron chi connectivity index (χ2n) is 20.7. The Kier molecular flexibility index (Phi) is 16.0. The van der Waals surface area contributed by atoms with E-state index in [0.29, 0.717) is 32.4 Å². The number of esters is 1. The zero-order valence-electron chi connectivity index (χ0n) is 39.6. The maximum atomic E-state index is 14.6. The normalized spacial score (nSPS) is 18.2. The number of carbonyl (C=O) groups is 3. The molecule has 2 amide bonds. The van der Waals surface area contributed by atoms with Crippen LogP contribution >= 0.6 is 0 Å². The Bertz CT molecular complexity index is 1960. The monoisotopic (exact) mass is 883 g/mol. The summed E-state index contributed by atoms with van der Waals surface area (Å²) in [5.41, 5.74) is 5.35. The molecule has 62 heavy (non-hydrogen) atoms. The molecule has 0 aromatic heterocycles. The van der Waals surface area contributed by atoms with E-state index in [0.717, 1.165) is 27.8 Å². The van der Waals surface area contributed by atoms with E-state index < -0.39 is 46.9 Å². The van der Waals surface area contributed by atoms with Gasteiger partial charge in [-0.25, -0.2) is 9.59 Å². The summed E-state index contributed by atoms with van der Waals surface area (Å²) in [5, 5.41) is 2.94. The highest BCUT2D eigenvalue weighted by Gasteiger charge is 2.44. The first-order valence-corrected chi connectivity index (χ1v) is 28.5. The van der Waals surface area contributed by atoms with Crippen LogP contribution in [0.15, 0.2) is 91.5 Å². The fraction of sp³-hybridized carbons (Fsp3) is 0.549. The number of benzene rings is 3. The van der Waals surface area contributed by atoms with Gasteiger partial charge in [-0.1, -0.05) is 140 Å². The van der Waals surface area contributed by atoms with Crippen LogP contribution in [0.4, 0.5) is 4.79 Å². The average molecular weight is 883 g/mol. The Morgan fingerprint density at radius 2 is 1.39 bits per heavy atom. The zero-order chi connectivity index (χ0) is 45.6. The van der Waals surface area contributed by atoms with Crippen molar-refractivity contribution in [3.8, 4) is 11.1 Å². The van der Waals surface area contributed by atoms with Crippen LogP contribution in [0.5, 0.6) is 0 Å². The van der Waals surface area contributed by atoms with Gasteiger partial charge in [-0.05, 0) is 76.9 Å². The lowest BCUT2D eigenvalue weighted by molar-refractivity contribution is -0.161. The molecule has 5 rings (SSSR count). The van der Waals surface area contributed by atoms with Gasteiger partial charge in [0.2, 0.25) is 5.91 Å². The lowest BCUT2D eigenvalue weighted by Gasteiger charge is -2.43. The molecule has 1 saturated heterocycles. The van der Waals surface area contributed by atoms with Crippen LogP contribution < -0.4 is 5.32 Å². The minimum absolute atomic E-state index is 0.0313. The summed E-state index contributed by atoms with van der Waals surface area (Å²) in [6.45, 7) is 31.8. The Balaban J connectivity index is 1.32. The summed E-state index contributed by atoms with van der Waals surface area (Å²) in [7, 11) is -4.30. The van der Waals surface area contributed by atoms with E-state index in [1.54, 1.807) is 4.90 Å². The molecular weight excluding hydrogens is 809 g/mol. The summed E-state index contributed by atoms with van der Waals surface area (Å²) >= 11 is 0. The molecule has 1 aliphatic carbocycles. The number of carbonyl (C=O) groups excluding carboxylic acids is 3. The van der Waals surface area contributed by atoms with Crippen molar-refractivity contribution in [1.82, 2.24) is 10.2 Å². The van der Waals surface area contributed by atoms with E-state index in [2.05, 4.69) is 111 Å². The molecule has 11 heteroatoms. The third-order valence-electron chi connectivity index (χ3n) is 14.1. The largest absolute Gasteiger partial charge is 0.460 e. The van der Waals surface area contributed by atoms with Crippen molar-refractivity contribution in [2.45, 2.75) is 148 Å². The summed E-state index contributed by atoms with van der Waals surface area (Å²) in [4.78, 5) is 44.3. The summed E-state index contributed by atoms with van der Waals surface area (Å²) in [5.74, 6) is -1.07. The van der Waals surface area contributed by atoms with Gasteiger partial charge in [-0.2, -0.15) is 0 Å². The Labute approximate surface area is 374 Å². The van der Waals surface area contributed by atoms with Crippen molar-refractivity contribution >= 4 is 34.6 Å². The lowest BCUT2D eigenvalue weighted by Crippen LogP contribution is -2.53. The molecule has 0 radical (unpaired) electrons. The van der Waals surface area contributed by atoms with Crippen molar-refractivity contribution in [1.29, 1.82) is 0 Å². The fourth-order valence-electron chi connectivity index (χ4n) is 7.90. The summed E-state index contributed by atoms with van der Waals surface area (Å²) in [6, 6.07) is 24.2. The predicted octanol–water partition coefficient (Wildman–Crippen LogP) is 11.3. The second kappa shape index (κ2) is 20.2. The van der Waals surface area contributed by atoms with E-state index >= 15 is 0 Å². The number of hydrogen-bond acceptors (Lipinski definition) is 7. The smallest absolute Gasteiger partial charge is 0.407 e. The molecule has 0 spiro atoms. The molecule has 0 unspecified atom stereocenters. The van der Waals surface area contributed by atoms with Crippen molar-refractivity contribution in [2.24, 2.45) is 11.8 Å². The molecule has 0 bridgehead atoms. The zero-order valence-corrected chi connectivity index (χ0v) is 41.6. The van der Waals surface area contributed by atoms with E-state index in [-0.39, 0.29) is 52.9 Å². The standard InChI is InChI=1S/C51H74N2O7Si2/c1-14-35(2)45(32-46(60-62(12,13)51(7,8)9)36(3)33-58-61(10,11)50(4,5)6)59-48(55)44-29-22-30-53(44)47(54)43(31-37-23-16-15-17-24-37)52-49(56)57-34-42-40-27-20-18-25-38(40)39-26-19-21-28-41(39)42/h14-21,23-28,35-36,42-46H,1,22,29-34H2,2-13H3,(H,52,56)/t35-,36-,43+,44-,45+,46-/m0/s1. The Morgan fingerprint density at radius 3 is 1.95 bits per heavy atom. The van der Waals surface area contributed by atoms with Gasteiger partial charge in [-0.15, -0.1) is 6.58 Å². The number of amides is 2. The average Bonchev–Trinajstić information content (AvgIpc) is 3.84. The van der Waals surface area contributed by atoms with Crippen LogP contribution in [0.3, 0.4) is 0 Å². The van der Waals surface area contributed by atoms with Crippen LogP contribution in [-0.4, -0.2) is 83.6 Å². The first-order chi connectivity index (χ1) is 29.0. The molecule has 0 saturated carbocycles. The van der Waals surface area contributed by atoms with Crippen molar-refractivity contribution in [3.63, 3.8) is 0 Å². The highest BCUT2D eigenvalue weighted by atomic mass is 28.4. The van der Waals surface area contributed by atoms with Crippen molar-refractivity contribution < 1.29 is 32.7 Å². The third kappa shape index (κ3) is 11.7. The molecule has 338 valence electrons. The van der Waals surface area contributed by atoms with Crippen LogP contribution in [0.1, 0.15) is 97.3 Å². The molecule has 9 nitrogen and oxygen atoms in total. The van der Waals surface area contributed by atoms with Crippen LogP contribution in [0.25, 0.3) is 11.1 Å². The fourth-order valence-corrected chi connectivity index (χ4v) is 10.5.